The molecule has 1 aromatic carbocycles. The number of hydrogen-bond donors (Lipinski definition) is 1. The van der Waals surface area contributed by atoms with E-state index in [0.717, 1.165) is 0 Å². The molecule has 0 radical (unpaired) electrons. The lowest BCUT2D eigenvalue weighted by atomic mass is 10.2. The number of anilines is 1. The molecular formula is C21H21FN4O5S. The van der Waals surface area contributed by atoms with Crippen LogP contribution in [0.15, 0.2) is 47.4 Å². The van der Waals surface area contributed by atoms with Crippen LogP contribution in [0.3, 0.4) is 0 Å². The van der Waals surface area contributed by atoms with Gasteiger partial charge in [-0.2, -0.15) is 9.97 Å². The van der Waals surface area contributed by atoms with Crippen LogP contribution in [-0.4, -0.2) is 35.3 Å². The van der Waals surface area contributed by atoms with Crippen molar-refractivity contribution in [2.45, 2.75) is 19.4 Å². The maximum Gasteiger partial charge on any atom is 0.324 e. The number of benzene rings is 1. The molecule has 3 aromatic rings. The Morgan fingerprint density at radius 2 is 1.97 bits per heavy atom. The Balaban J connectivity index is 1.81. The zero-order valence-electron chi connectivity index (χ0n) is 17.2. The Morgan fingerprint density at radius 3 is 2.78 bits per heavy atom. The smallest absolute Gasteiger partial charge is 0.324 e. The lowest BCUT2D eigenvalue weighted by Gasteiger charge is -2.12. The van der Waals surface area contributed by atoms with Gasteiger partial charge in [-0.15, -0.1) is 0 Å². The van der Waals surface area contributed by atoms with Crippen molar-refractivity contribution in [1.82, 2.24) is 14.5 Å². The number of aryl methyl sites for hydroxylation is 1. The molecule has 1 N–H and O–H groups in total. The quantitative estimate of drug-likeness (QED) is 0.594. The fraction of sp³-hybridized carbons (Fsp3) is 0.286. The van der Waals surface area contributed by atoms with Gasteiger partial charge < -0.3 is 14.0 Å². The molecule has 3 heterocycles. The number of aromatic nitrogens is 3. The summed E-state index contributed by atoms with van der Waals surface area (Å²) in [6.07, 6.45) is 2.49. The van der Waals surface area contributed by atoms with Crippen LogP contribution in [0.25, 0.3) is 11.3 Å². The first-order valence-corrected chi connectivity index (χ1v) is 11.5. The van der Waals surface area contributed by atoms with Gasteiger partial charge in [0.25, 0.3) is 0 Å². The van der Waals surface area contributed by atoms with Crippen LogP contribution in [0.5, 0.6) is 11.8 Å². The van der Waals surface area contributed by atoms with Gasteiger partial charge in [0.05, 0.1) is 18.1 Å². The number of fused-ring (bicyclic) bond motifs is 4. The van der Waals surface area contributed by atoms with Gasteiger partial charge in [0.2, 0.25) is 15.6 Å². The number of sulfonamides is 1. The third-order valence-electron chi connectivity index (χ3n) is 4.76. The molecule has 9 nitrogen and oxygen atoms in total. The molecule has 0 spiro atoms. The molecule has 32 heavy (non-hydrogen) atoms. The zero-order chi connectivity index (χ0) is 22.7. The number of nitrogens with one attached hydrogen (secondary N) is 1. The maximum absolute atomic E-state index is 14.4. The van der Waals surface area contributed by atoms with Crippen LogP contribution in [0.1, 0.15) is 18.4 Å². The van der Waals surface area contributed by atoms with Gasteiger partial charge in [-0.3, -0.25) is 9.52 Å². The zero-order valence-corrected chi connectivity index (χ0v) is 18.1. The van der Waals surface area contributed by atoms with Gasteiger partial charge in [0, 0.05) is 37.5 Å². The van der Waals surface area contributed by atoms with E-state index in [4.69, 9.17) is 9.47 Å². The molecular weight excluding hydrogens is 439 g/mol. The molecule has 168 valence electrons. The van der Waals surface area contributed by atoms with E-state index in [1.807, 2.05) is 0 Å². The van der Waals surface area contributed by atoms with Crippen molar-refractivity contribution in [3.05, 3.63) is 64.3 Å². The second kappa shape index (κ2) is 9.05. The number of halogens is 1. The molecule has 0 unspecified atom stereocenters. The minimum Gasteiger partial charge on any atom is -0.421 e. The minimum absolute atomic E-state index is 0.0264. The Labute approximate surface area is 183 Å². The van der Waals surface area contributed by atoms with E-state index >= 15 is 0 Å². The summed E-state index contributed by atoms with van der Waals surface area (Å²) in [5, 5.41) is 0. The predicted molar refractivity (Wildman–Crippen MR) is 115 cm³/mol. The number of nitrogens with zero attached hydrogens (tertiary/aromatic N) is 3. The van der Waals surface area contributed by atoms with Crippen molar-refractivity contribution in [3.8, 4) is 23.0 Å². The summed E-state index contributed by atoms with van der Waals surface area (Å²) < 4.78 is 54.3. The SMILES string of the molecule is Cn1cc(-c2cc3nc(n2)Oc2cc(ccc2F)COCCCCS(=O)(=O)N3)ccc1=O. The highest BCUT2D eigenvalue weighted by Crippen LogP contribution is 2.28. The van der Waals surface area contributed by atoms with Crippen molar-refractivity contribution in [3.63, 3.8) is 0 Å². The Kier molecular flexibility index (Phi) is 6.19. The normalized spacial score (nSPS) is 16.2. The van der Waals surface area contributed by atoms with Gasteiger partial charge in [0.15, 0.2) is 11.6 Å². The standard InChI is InChI=1S/C21H21FN4O5S/c1-26-12-15(5-7-20(26)27)17-11-19-24-21(23-17)31-18-10-14(4-6-16(18)22)13-30-8-2-3-9-32(28,29)25-19/h4-7,10-12H,2-3,8-9,13H2,1H3,(H,23,24,25). The third-order valence-corrected chi connectivity index (χ3v) is 6.11. The van der Waals surface area contributed by atoms with Gasteiger partial charge in [-0.05, 0) is 36.6 Å². The molecule has 0 atom stereocenters. The van der Waals surface area contributed by atoms with E-state index in [1.165, 1.54) is 28.8 Å². The molecule has 4 bridgehead atoms. The van der Waals surface area contributed by atoms with Crippen molar-refractivity contribution in [2.75, 3.05) is 17.1 Å². The van der Waals surface area contributed by atoms with E-state index in [0.29, 0.717) is 36.3 Å². The first-order chi connectivity index (χ1) is 15.3. The Morgan fingerprint density at radius 1 is 1.12 bits per heavy atom. The van der Waals surface area contributed by atoms with E-state index in [9.17, 15) is 17.6 Å². The van der Waals surface area contributed by atoms with Gasteiger partial charge >= 0.3 is 6.01 Å². The third kappa shape index (κ3) is 5.29. The highest BCUT2D eigenvalue weighted by molar-refractivity contribution is 7.92. The van der Waals surface area contributed by atoms with Crippen LogP contribution in [0.2, 0.25) is 0 Å². The maximum atomic E-state index is 14.4. The van der Waals surface area contributed by atoms with Crippen molar-refractivity contribution < 1.29 is 22.3 Å². The Bertz CT molecular complexity index is 1310. The molecule has 0 saturated heterocycles. The topological polar surface area (TPSA) is 112 Å². The summed E-state index contributed by atoms with van der Waals surface area (Å²) in [4.78, 5) is 20.1. The van der Waals surface area contributed by atoms with Crippen LogP contribution < -0.4 is 15.0 Å². The predicted octanol–water partition coefficient (Wildman–Crippen LogP) is 2.83. The molecule has 11 heteroatoms. The summed E-state index contributed by atoms with van der Waals surface area (Å²) in [6.45, 7) is 0.597. The summed E-state index contributed by atoms with van der Waals surface area (Å²) in [5.41, 5.74) is 1.30. The first-order valence-electron chi connectivity index (χ1n) is 9.90. The molecule has 0 saturated carbocycles. The van der Waals surface area contributed by atoms with Crippen molar-refractivity contribution in [2.24, 2.45) is 7.05 Å². The van der Waals surface area contributed by atoms with E-state index in [1.54, 1.807) is 25.4 Å². The van der Waals surface area contributed by atoms with E-state index < -0.39 is 15.8 Å². The minimum atomic E-state index is -3.70. The second-order valence-electron chi connectivity index (χ2n) is 7.34. The summed E-state index contributed by atoms with van der Waals surface area (Å²) in [6, 6.07) is 8.42. The van der Waals surface area contributed by atoms with Crippen LogP contribution in [0.4, 0.5) is 10.2 Å². The number of ether oxygens (including phenoxy) is 2. The van der Waals surface area contributed by atoms with Crippen molar-refractivity contribution in [1.29, 1.82) is 0 Å². The van der Waals surface area contributed by atoms with Crippen LogP contribution >= 0.6 is 0 Å². The van der Waals surface area contributed by atoms with E-state index in [-0.39, 0.29) is 35.5 Å². The summed E-state index contributed by atoms with van der Waals surface area (Å²) in [5.74, 6) is -0.890. The highest BCUT2D eigenvalue weighted by atomic mass is 32.2. The second-order valence-corrected chi connectivity index (χ2v) is 9.18. The number of hydrogen-bond acceptors (Lipinski definition) is 7. The molecule has 1 aliphatic heterocycles. The lowest BCUT2D eigenvalue weighted by molar-refractivity contribution is 0.118. The Hall–Kier alpha value is -3.31. The van der Waals surface area contributed by atoms with Gasteiger partial charge in [0.1, 0.15) is 5.82 Å². The van der Waals surface area contributed by atoms with Crippen LogP contribution in [0, 0.1) is 5.82 Å². The molecule has 0 aliphatic carbocycles. The van der Waals surface area contributed by atoms with Gasteiger partial charge in [-0.25, -0.2) is 12.8 Å². The monoisotopic (exact) mass is 460 g/mol. The average Bonchev–Trinajstić information content (AvgIpc) is 2.74. The summed E-state index contributed by atoms with van der Waals surface area (Å²) >= 11 is 0. The molecule has 1 aliphatic rings. The lowest BCUT2D eigenvalue weighted by Crippen LogP contribution is -2.18. The molecule has 2 aromatic heterocycles. The molecule has 0 amide bonds. The highest BCUT2D eigenvalue weighted by Gasteiger charge is 2.17. The largest absolute Gasteiger partial charge is 0.421 e. The van der Waals surface area contributed by atoms with Gasteiger partial charge in [-0.1, -0.05) is 6.07 Å². The van der Waals surface area contributed by atoms with E-state index in [2.05, 4.69) is 14.7 Å². The number of pyridine rings is 1. The fourth-order valence-corrected chi connectivity index (χ4v) is 4.24. The van der Waals surface area contributed by atoms with Crippen molar-refractivity contribution >= 4 is 15.8 Å². The molecule has 0 fully saturated rings. The molecule has 4 rings (SSSR count). The number of rotatable bonds is 1. The summed E-state index contributed by atoms with van der Waals surface area (Å²) in [7, 11) is -2.12. The fourth-order valence-electron chi connectivity index (χ4n) is 3.13. The van der Waals surface area contributed by atoms with Crippen LogP contribution in [-0.2, 0) is 28.4 Å². The first kappa shape index (κ1) is 21.9. The average molecular weight is 460 g/mol.